The first kappa shape index (κ1) is 30.1. The quantitative estimate of drug-likeness (QED) is 0.333. The molecule has 0 unspecified atom stereocenters. The highest BCUT2D eigenvalue weighted by atomic mass is 35.5. The maximum Gasteiger partial charge on any atom is 0.319 e. The summed E-state index contributed by atoms with van der Waals surface area (Å²) in [4.78, 5) is 25.3. The van der Waals surface area contributed by atoms with E-state index in [0.717, 1.165) is 49.8 Å². The molecule has 0 bridgehead atoms. The largest absolute Gasteiger partial charge is 0.379 e. The van der Waals surface area contributed by atoms with Crippen LogP contribution in [0.4, 0.5) is 33.6 Å². The SMILES string of the molecule is CN(c1ccc(NC(=O)NCCN2CCOCC2)cc1)c1ccnc(Nc2ccc(CS(C)(=O)=O)cc2)n1.Cl. The average molecular weight is 576 g/mol. The lowest BCUT2D eigenvalue weighted by Gasteiger charge is -2.26. The number of benzene rings is 2. The van der Waals surface area contributed by atoms with Crippen molar-refractivity contribution in [3.8, 4) is 0 Å². The number of ether oxygens (including phenoxy) is 1. The first-order chi connectivity index (χ1) is 18.2. The van der Waals surface area contributed by atoms with Gasteiger partial charge in [-0.05, 0) is 48.0 Å². The number of carbonyl (C=O) groups is 1. The van der Waals surface area contributed by atoms with E-state index in [9.17, 15) is 13.2 Å². The van der Waals surface area contributed by atoms with Crippen molar-refractivity contribution < 1.29 is 17.9 Å². The molecule has 2 heterocycles. The molecular formula is C26H34ClN7O4S. The molecule has 0 radical (unpaired) electrons. The topological polar surface area (TPSA) is 129 Å². The molecule has 2 aromatic carbocycles. The van der Waals surface area contributed by atoms with Crippen LogP contribution in [0.5, 0.6) is 0 Å². The van der Waals surface area contributed by atoms with Gasteiger partial charge >= 0.3 is 6.03 Å². The fourth-order valence-corrected chi connectivity index (χ4v) is 4.74. The van der Waals surface area contributed by atoms with Gasteiger partial charge in [0.05, 0.1) is 19.0 Å². The molecule has 0 atom stereocenters. The fourth-order valence-electron chi connectivity index (χ4n) is 3.94. The Balaban J connectivity index is 0.00000420. The van der Waals surface area contributed by atoms with Crippen LogP contribution in [0.25, 0.3) is 0 Å². The normalized spacial score (nSPS) is 13.7. The van der Waals surface area contributed by atoms with E-state index in [1.165, 1.54) is 6.26 Å². The maximum atomic E-state index is 12.2. The summed E-state index contributed by atoms with van der Waals surface area (Å²) in [6, 6.07) is 16.2. The minimum Gasteiger partial charge on any atom is -0.379 e. The number of morpholine rings is 1. The van der Waals surface area contributed by atoms with Gasteiger partial charge < -0.3 is 25.6 Å². The second kappa shape index (κ2) is 14.1. The van der Waals surface area contributed by atoms with Gasteiger partial charge in [-0.25, -0.2) is 18.2 Å². The Kier molecular flexibility index (Phi) is 10.9. The number of urea groups is 1. The number of aromatic nitrogens is 2. The minimum absolute atomic E-state index is 0. The number of nitrogens with zero attached hydrogens (tertiary/aromatic N) is 4. The van der Waals surface area contributed by atoms with E-state index in [1.54, 1.807) is 36.5 Å². The van der Waals surface area contributed by atoms with Gasteiger partial charge in [0.15, 0.2) is 9.84 Å². The molecule has 0 saturated carbocycles. The van der Waals surface area contributed by atoms with Gasteiger partial charge in [-0.1, -0.05) is 12.1 Å². The predicted octanol–water partition coefficient (Wildman–Crippen LogP) is 3.41. The van der Waals surface area contributed by atoms with E-state index in [4.69, 9.17) is 4.74 Å². The van der Waals surface area contributed by atoms with Crippen LogP contribution in [-0.4, -0.2) is 82.0 Å². The third-order valence-electron chi connectivity index (χ3n) is 5.95. The molecule has 3 N–H and O–H groups in total. The maximum absolute atomic E-state index is 12.2. The summed E-state index contributed by atoms with van der Waals surface area (Å²) in [5, 5.41) is 8.89. The Morgan fingerprint density at radius 2 is 1.69 bits per heavy atom. The molecule has 1 saturated heterocycles. The Bertz CT molecular complexity index is 1320. The van der Waals surface area contributed by atoms with Crippen LogP contribution < -0.4 is 20.9 Å². The third-order valence-corrected chi connectivity index (χ3v) is 6.81. The van der Waals surface area contributed by atoms with E-state index in [0.29, 0.717) is 24.0 Å². The zero-order chi connectivity index (χ0) is 27.0. The number of amides is 2. The Hall–Kier alpha value is -3.45. The average Bonchev–Trinajstić information content (AvgIpc) is 2.90. The molecule has 13 heteroatoms. The van der Waals surface area contributed by atoms with E-state index >= 15 is 0 Å². The molecule has 3 aromatic rings. The summed E-state index contributed by atoms with van der Waals surface area (Å²) in [5.74, 6) is 1.09. The Morgan fingerprint density at radius 3 is 2.36 bits per heavy atom. The molecule has 39 heavy (non-hydrogen) atoms. The van der Waals surface area contributed by atoms with Crippen molar-refractivity contribution >= 4 is 57.1 Å². The molecule has 0 spiro atoms. The van der Waals surface area contributed by atoms with Crippen molar-refractivity contribution in [2.75, 3.05) is 68.2 Å². The van der Waals surface area contributed by atoms with Crippen molar-refractivity contribution in [1.29, 1.82) is 0 Å². The molecule has 11 nitrogen and oxygen atoms in total. The number of rotatable bonds is 10. The van der Waals surface area contributed by atoms with Gasteiger partial charge in [0, 0.05) is 62.7 Å². The highest BCUT2D eigenvalue weighted by Crippen LogP contribution is 2.24. The molecule has 1 aliphatic heterocycles. The second-order valence-corrected chi connectivity index (χ2v) is 11.2. The number of sulfone groups is 1. The zero-order valence-corrected chi connectivity index (χ0v) is 23.6. The van der Waals surface area contributed by atoms with Crippen LogP contribution in [0, 0.1) is 0 Å². The molecule has 1 aliphatic rings. The van der Waals surface area contributed by atoms with Crippen LogP contribution in [0.15, 0.2) is 60.8 Å². The molecule has 1 aromatic heterocycles. The van der Waals surface area contributed by atoms with Crippen LogP contribution in [0.2, 0.25) is 0 Å². The number of nitrogens with one attached hydrogen (secondary N) is 3. The van der Waals surface area contributed by atoms with E-state index < -0.39 is 9.84 Å². The molecule has 210 valence electrons. The Morgan fingerprint density at radius 1 is 1.03 bits per heavy atom. The van der Waals surface area contributed by atoms with Gasteiger partial charge in [0.2, 0.25) is 5.95 Å². The molecular weight excluding hydrogens is 542 g/mol. The summed E-state index contributed by atoms with van der Waals surface area (Å²) >= 11 is 0. The lowest BCUT2D eigenvalue weighted by atomic mass is 10.2. The van der Waals surface area contributed by atoms with E-state index in [1.807, 2.05) is 36.2 Å². The third kappa shape index (κ3) is 9.66. The van der Waals surface area contributed by atoms with Crippen LogP contribution in [0.1, 0.15) is 5.56 Å². The van der Waals surface area contributed by atoms with E-state index in [2.05, 4.69) is 30.8 Å². The highest BCUT2D eigenvalue weighted by molar-refractivity contribution is 7.89. The lowest BCUT2D eigenvalue weighted by molar-refractivity contribution is 0.0388. The molecule has 4 rings (SSSR count). The fraction of sp³-hybridized carbons (Fsp3) is 0.346. The number of hydrogen-bond acceptors (Lipinski definition) is 9. The second-order valence-electron chi connectivity index (χ2n) is 9.07. The summed E-state index contributed by atoms with van der Waals surface area (Å²) in [7, 11) is -1.19. The van der Waals surface area contributed by atoms with E-state index in [-0.39, 0.29) is 24.2 Å². The van der Waals surface area contributed by atoms with Crippen LogP contribution in [0.3, 0.4) is 0 Å². The summed E-state index contributed by atoms with van der Waals surface area (Å²) in [5.41, 5.74) is 3.05. The van der Waals surface area contributed by atoms with Gasteiger partial charge in [0.1, 0.15) is 5.82 Å². The lowest BCUT2D eigenvalue weighted by Crippen LogP contribution is -2.42. The predicted molar refractivity (Wildman–Crippen MR) is 156 cm³/mol. The monoisotopic (exact) mass is 575 g/mol. The smallest absolute Gasteiger partial charge is 0.319 e. The molecule has 2 amide bonds. The Labute approximate surface area is 235 Å². The van der Waals surface area contributed by atoms with Gasteiger partial charge in [-0.2, -0.15) is 4.98 Å². The van der Waals surface area contributed by atoms with Crippen LogP contribution in [-0.2, 0) is 20.3 Å². The summed E-state index contributed by atoms with van der Waals surface area (Å²) in [6.45, 7) is 4.63. The molecule has 1 fully saturated rings. The number of anilines is 5. The number of carbonyl (C=O) groups excluding carboxylic acids is 1. The first-order valence-corrected chi connectivity index (χ1v) is 14.4. The van der Waals surface area contributed by atoms with Crippen molar-refractivity contribution in [2.24, 2.45) is 0 Å². The first-order valence-electron chi connectivity index (χ1n) is 12.3. The van der Waals surface area contributed by atoms with Gasteiger partial charge in [-0.15, -0.1) is 12.4 Å². The number of halogens is 1. The van der Waals surface area contributed by atoms with Crippen molar-refractivity contribution in [1.82, 2.24) is 20.2 Å². The van der Waals surface area contributed by atoms with Gasteiger partial charge in [0.25, 0.3) is 0 Å². The summed E-state index contributed by atoms with van der Waals surface area (Å²) < 4.78 is 28.3. The number of hydrogen-bond donors (Lipinski definition) is 3. The zero-order valence-electron chi connectivity index (χ0n) is 22.0. The van der Waals surface area contributed by atoms with Crippen molar-refractivity contribution in [3.63, 3.8) is 0 Å². The van der Waals surface area contributed by atoms with Crippen molar-refractivity contribution in [2.45, 2.75) is 5.75 Å². The van der Waals surface area contributed by atoms with Crippen LogP contribution >= 0.6 is 12.4 Å². The standard InChI is InChI=1S/C26H33N7O4S.ClH/c1-32(23-9-7-22(8-10-23)30-26(34)28-13-14-33-15-17-37-18-16-33)24-11-12-27-25(31-24)29-21-5-3-20(4-6-21)19-38(2,35)36;/h3-12H,13-19H2,1-2H3,(H,27,29,31)(H2,28,30,34);1H. The summed E-state index contributed by atoms with van der Waals surface area (Å²) in [6.07, 6.45) is 2.88. The van der Waals surface area contributed by atoms with Crippen molar-refractivity contribution in [3.05, 3.63) is 66.4 Å². The minimum atomic E-state index is -3.09. The highest BCUT2D eigenvalue weighted by Gasteiger charge is 2.11. The van der Waals surface area contributed by atoms with Gasteiger partial charge in [-0.3, -0.25) is 4.90 Å². The molecule has 0 aliphatic carbocycles.